The van der Waals surface area contributed by atoms with Crippen molar-refractivity contribution in [1.29, 1.82) is 0 Å². The molecule has 1 amide bonds. The van der Waals surface area contributed by atoms with Crippen LogP contribution in [0.25, 0.3) is 0 Å². The molecule has 4 heterocycles. The molecule has 6 atom stereocenters. The molecule has 38 heavy (non-hydrogen) atoms. The number of nitrogens with zero attached hydrogens (tertiary/aromatic N) is 1. The summed E-state index contributed by atoms with van der Waals surface area (Å²) >= 11 is 0. The topological polar surface area (TPSA) is 129 Å². The zero-order chi connectivity index (χ0) is 27.1. The molecule has 0 radical (unpaired) electrons. The molecule has 0 unspecified atom stereocenters. The van der Waals surface area contributed by atoms with Crippen LogP contribution >= 0.6 is 0 Å². The number of benzene rings is 1. The highest BCUT2D eigenvalue weighted by Crippen LogP contribution is 2.76. The lowest BCUT2D eigenvalue weighted by atomic mass is 9.52. The summed E-state index contributed by atoms with van der Waals surface area (Å²) in [5, 5.41) is 12.6. The summed E-state index contributed by atoms with van der Waals surface area (Å²) in [6.45, 7) is 6.76. The van der Waals surface area contributed by atoms with Gasteiger partial charge in [-0.25, -0.2) is 4.79 Å². The van der Waals surface area contributed by atoms with Gasteiger partial charge in [0.2, 0.25) is 0 Å². The van der Waals surface area contributed by atoms with Crippen molar-refractivity contribution in [1.82, 2.24) is 4.90 Å². The molecule has 0 bridgehead atoms. The lowest BCUT2D eigenvalue weighted by Gasteiger charge is -2.51. The Hall–Kier alpha value is -2.98. The predicted octanol–water partition coefficient (Wildman–Crippen LogP) is 1.83. The quantitative estimate of drug-likeness (QED) is 0.461. The number of ether oxygens (including phenoxy) is 4. The summed E-state index contributed by atoms with van der Waals surface area (Å²) in [4.78, 5) is 55.6. The van der Waals surface area contributed by atoms with E-state index in [1.54, 1.807) is 51.1 Å². The van der Waals surface area contributed by atoms with Crippen LogP contribution in [-0.2, 0) is 33.3 Å². The molecule has 5 aliphatic rings. The van der Waals surface area contributed by atoms with Crippen molar-refractivity contribution in [2.75, 3.05) is 19.8 Å². The Labute approximate surface area is 220 Å². The first-order chi connectivity index (χ1) is 18.0. The van der Waals surface area contributed by atoms with Gasteiger partial charge in [-0.05, 0) is 36.3 Å². The van der Waals surface area contributed by atoms with Crippen molar-refractivity contribution < 1.29 is 43.2 Å². The van der Waals surface area contributed by atoms with Crippen LogP contribution in [0.2, 0.25) is 0 Å². The smallest absolute Gasteiger partial charge is 0.338 e. The monoisotopic (exact) mass is 527 g/mol. The molecule has 1 aromatic carbocycles. The minimum atomic E-state index is -1.76. The van der Waals surface area contributed by atoms with Crippen molar-refractivity contribution in [2.24, 2.45) is 22.2 Å². The number of carbonyl (C=O) groups is 4. The highest BCUT2D eigenvalue weighted by atomic mass is 16.6. The van der Waals surface area contributed by atoms with Crippen LogP contribution in [0.3, 0.4) is 0 Å². The zero-order valence-corrected chi connectivity index (χ0v) is 21.8. The summed E-state index contributed by atoms with van der Waals surface area (Å²) in [5.41, 5.74) is -5.86. The second-order valence-corrected chi connectivity index (χ2v) is 12.3. The lowest BCUT2D eigenvalue weighted by Crippen LogP contribution is -2.66. The van der Waals surface area contributed by atoms with Crippen LogP contribution in [0.15, 0.2) is 30.3 Å². The van der Waals surface area contributed by atoms with Gasteiger partial charge in [-0.15, -0.1) is 0 Å². The number of aliphatic hydroxyl groups is 1. The minimum Gasteiger partial charge on any atom is -0.461 e. The second-order valence-electron chi connectivity index (χ2n) is 12.3. The summed E-state index contributed by atoms with van der Waals surface area (Å²) < 4.78 is 23.1. The van der Waals surface area contributed by atoms with Gasteiger partial charge in [0.25, 0.3) is 5.91 Å². The van der Waals surface area contributed by atoms with Gasteiger partial charge < -0.3 is 29.0 Å². The van der Waals surface area contributed by atoms with E-state index in [-0.39, 0.29) is 30.9 Å². The SMILES string of the molecule is CC(C)(C)[C@]1(O)C[C@@H]2OC(=O)C[C@@]23C(=O)O[C@@H]2N(CC4CCOCC4)C(=O)[C@H](OC(=O)c4ccccc4)[C@]213. The van der Waals surface area contributed by atoms with Gasteiger partial charge in [-0.3, -0.25) is 14.4 Å². The normalized spacial score (nSPS) is 38.5. The van der Waals surface area contributed by atoms with E-state index >= 15 is 0 Å². The number of esters is 3. The van der Waals surface area contributed by atoms with Crippen LogP contribution in [0.5, 0.6) is 0 Å². The molecular formula is C28H33NO9. The van der Waals surface area contributed by atoms with Gasteiger partial charge in [0.1, 0.15) is 16.9 Å². The Balaban J connectivity index is 1.53. The van der Waals surface area contributed by atoms with Crippen molar-refractivity contribution in [2.45, 2.75) is 70.5 Å². The third-order valence-electron chi connectivity index (χ3n) is 9.60. The van der Waals surface area contributed by atoms with Crippen LogP contribution in [0, 0.1) is 22.2 Å². The molecule has 204 valence electrons. The fourth-order valence-corrected chi connectivity index (χ4v) is 7.74. The third kappa shape index (κ3) is 3.01. The van der Waals surface area contributed by atoms with E-state index in [0.29, 0.717) is 26.1 Å². The standard InChI is InChI=1S/C28H33NO9/c1-25(2,3)27(34)13-18-26(14-19(30)36-18)24(33)38-23-28(26,27)20(37-22(32)17-7-5-4-6-8-17)21(31)29(23)15-16-9-11-35-12-10-16/h4-8,16,18,20,23,34H,9-15H2,1-3H3/t18-,20-,23-,26-,27+,28+/m0/s1. The van der Waals surface area contributed by atoms with Crippen molar-refractivity contribution in [3.8, 4) is 0 Å². The largest absolute Gasteiger partial charge is 0.461 e. The van der Waals surface area contributed by atoms with Gasteiger partial charge >= 0.3 is 17.9 Å². The number of amides is 1. The highest BCUT2D eigenvalue weighted by molar-refractivity contribution is 5.99. The molecule has 1 aliphatic carbocycles. The lowest BCUT2D eigenvalue weighted by molar-refractivity contribution is -0.212. The molecule has 2 spiro atoms. The van der Waals surface area contributed by atoms with Crippen LogP contribution in [0.1, 0.15) is 56.8 Å². The van der Waals surface area contributed by atoms with E-state index in [1.165, 1.54) is 4.90 Å². The maximum atomic E-state index is 14.3. The number of carbonyl (C=O) groups excluding carboxylic acids is 4. The molecule has 1 saturated carbocycles. The van der Waals surface area contributed by atoms with Gasteiger partial charge in [-0.2, -0.15) is 0 Å². The maximum Gasteiger partial charge on any atom is 0.338 e. The minimum absolute atomic E-state index is 0.0740. The molecule has 10 heteroatoms. The van der Waals surface area contributed by atoms with E-state index in [4.69, 9.17) is 18.9 Å². The molecule has 1 aromatic rings. The van der Waals surface area contributed by atoms with E-state index in [2.05, 4.69) is 0 Å². The molecule has 5 fully saturated rings. The molecule has 1 N–H and O–H groups in total. The molecule has 6 rings (SSSR count). The predicted molar refractivity (Wildman–Crippen MR) is 129 cm³/mol. The van der Waals surface area contributed by atoms with E-state index < -0.39 is 64.1 Å². The van der Waals surface area contributed by atoms with E-state index in [1.807, 2.05) is 0 Å². The average molecular weight is 528 g/mol. The molecule has 0 aromatic heterocycles. The van der Waals surface area contributed by atoms with Crippen LogP contribution in [-0.4, -0.2) is 77.6 Å². The maximum absolute atomic E-state index is 14.3. The third-order valence-corrected chi connectivity index (χ3v) is 9.60. The first-order valence-electron chi connectivity index (χ1n) is 13.2. The Bertz CT molecular complexity index is 1190. The Kier molecular flexibility index (Phi) is 5.50. The van der Waals surface area contributed by atoms with Crippen molar-refractivity contribution in [3.05, 3.63) is 35.9 Å². The van der Waals surface area contributed by atoms with E-state index in [9.17, 15) is 24.3 Å². The van der Waals surface area contributed by atoms with Gasteiger partial charge in [0.15, 0.2) is 12.3 Å². The van der Waals surface area contributed by atoms with Crippen molar-refractivity contribution in [3.63, 3.8) is 0 Å². The summed E-state index contributed by atoms with van der Waals surface area (Å²) in [5.74, 6) is -2.54. The molecule has 10 nitrogen and oxygen atoms in total. The first-order valence-corrected chi connectivity index (χ1v) is 13.2. The molecular weight excluding hydrogens is 494 g/mol. The van der Waals surface area contributed by atoms with Gasteiger partial charge in [-0.1, -0.05) is 39.0 Å². The Morgan fingerprint density at radius 1 is 1.11 bits per heavy atom. The molecule has 4 saturated heterocycles. The summed E-state index contributed by atoms with van der Waals surface area (Å²) in [6.07, 6.45) is -2.80. The first kappa shape index (κ1) is 25.3. The van der Waals surface area contributed by atoms with Crippen LogP contribution in [0.4, 0.5) is 0 Å². The Morgan fingerprint density at radius 3 is 2.45 bits per heavy atom. The number of hydrogen-bond donors (Lipinski definition) is 1. The average Bonchev–Trinajstić information content (AvgIpc) is 3.49. The Morgan fingerprint density at radius 2 is 1.79 bits per heavy atom. The molecule has 4 aliphatic heterocycles. The van der Waals surface area contributed by atoms with Gasteiger partial charge in [0, 0.05) is 26.2 Å². The van der Waals surface area contributed by atoms with Crippen LogP contribution < -0.4 is 0 Å². The number of rotatable bonds is 4. The summed E-state index contributed by atoms with van der Waals surface area (Å²) in [7, 11) is 0. The zero-order valence-electron chi connectivity index (χ0n) is 21.8. The number of likely N-dealkylation sites (tertiary alicyclic amines) is 1. The highest BCUT2D eigenvalue weighted by Gasteiger charge is 2.93. The fourth-order valence-electron chi connectivity index (χ4n) is 7.74. The van der Waals surface area contributed by atoms with Gasteiger partial charge in [0.05, 0.1) is 17.6 Å². The summed E-state index contributed by atoms with van der Waals surface area (Å²) in [6, 6.07) is 8.24. The second kappa shape index (κ2) is 8.26. The fraction of sp³-hybridized carbons (Fsp3) is 0.643. The van der Waals surface area contributed by atoms with E-state index in [0.717, 1.165) is 0 Å². The van der Waals surface area contributed by atoms with Crippen molar-refractivity contribution >= 4 is 23.8 Å². The number of hydrogen-bond acceptors (Lipinski definition) is 9.